The lowest BCUT2D eigenvalue weighted by molar-refractivity contribution is -0.161. The van der Waals surface area contributed by atoms with Crippen LogP contribution in [0.1, 0.15) is 136 Å². The molecule has 0 aliphatic rings. The number of unbranched alkanes of at least 4 members (excludes halogenated alkanes) is 5. The van der Waals surface area contributed by atoms with E-state index in [1.54, 1.807) is 0 Å². The van der Waals surface area contributed by atoms with Crippen LogP contribution >= 0.6 is 7.82 Å². The highest BCUT2D eigenvalue weighted by Gasteiger charge is 2.22. The van der Waals surface area contributed by atoms with Crippen molar-refractivity contribution in [3.63, 3.8) is 0 Å². The summed E-state index contributed by atoms with van der Waals surface area (Å²) in [4.78, 5) is 42.7. The maximum absolute atomic E-state index is 12.4. The van der Waals surface area contributed by atoms with E-state index in [0.29, 0.717) is 19.3 Å². The fourth-order valence-corrected chi connectivity index (χ4v) is 5.14. The molecule has 0 heterocycles. The second kappa shape index (κ2) is 38.9. The van der Waals surface area contributed by atoms with E-state index in [1.807, 2.05) is 36.5 Å². The van der Waals surface area contributed by atoms with Gasteiger partial charge in [-0.3, -0.25) is 14.1 Å². The van der Waals surface area contributed by atoms with Gasteiger partial charge in [0.15, 0.2) is 6.10 Å². The first-order chi connectivity index (χ1) is 26.7. The number of hydrogen-bond donors (Lipinski definition) is 3. The third-order valence-electron chi connectivity index (χ3n) is 7.85. The second-order valence-electron chi connectivity index (χ2n) is 13.1. The van der Waals surface area contributed by atoms with Gasteiger partial charge in [0.25, 0.3) is 0 Å². The van der Waals surface area contributed by atoms with Gasteiger partial charge in [-0.2, -0.15) is 0 Å². The summed E-state index contributed by atoms with van der Waals surface area (Å²) in [6.07, 6.45) is 51.6. The van der Waals surface area contributed by atoms with Crippen molar-refractivity contribution in [1.29, 1.82) is 0 Å². The topological polar surface area (TPSA) is 140 Å². The Morgan fingerprint density at radius 1 is 0.545 bits per heavy atom. The number of aliphatic hydroxyl groups is 1. The Kier molecular flexibility index (Phi) is 36.6. The van der Waals surface area contributed by atoms with Gasteiger partial charge in [0.1, 0.15) is 6.61 Å². The van der Waals surface area contributed by atoms with Crippen molar-refractivity contribution in [3.8, 4) is 0 Å². The molecular weight excluding hydrogens is 715 g/mol. The zero-order valence-electron chi connectivity index (χ0n) is 33.6. The first kappa shape index (κ1) is 51.7. The summed E-state index contributed by atoms with van der Waals surface area (Å²) in [5, 5.41) is 9.79. The summed E-state index contributed by atoms with van der Waals surface area (Å²) in [6.45, 7) is 3.37. The largest absolute Gasteiger partial charge is 0.469 e. The molecule has 0 aromatic rings. The molecule has 0 spiro atoms. The Balaban J connectivity index is 4.22. The van der Waals surface area contributed by atoms with Crippen molar-refractivity contribution < 1.29 is 43.0 Å². The van der Waals surface area contributed by atoms with E-state index in [9.17, 15) is 19.3 Å². The molecule has 3 N–H and O–H groups in total. The quantitative estimate of drug-likeness (QED) is 0.0248. The highest BCUT2D eigenvalue weighted by atomic mass is 31.2. The van der Waals surface area contributed by atoms with Gasteiger partial charge in [-0.25, -0.2) is 4.57 Å². The number of aliphatic hydroxyl groups excluding tert-OH is 1. The Morgan fingerprint density at radius 2 is 1.00 bits per heavy atom. The van der Waals surface area contributed by atoms with E-state index in [-0.39, 0.29) is 25.6 Å². The van der Waals surface area contributed by atoms with Crippen molar-refractivity contribution in [2.75, 3.05) is 13.2 Å². The summed E-state index contributed by atoms with van der Waals surface area (Å²) < 4.78 is 26.2. The number of esters is 2. The number of phosphoric acid groups is 1. The van der Waals surface area contributed by atoms with Gasteiger partial charge in [0.2, 0.25) is 0 Å². The minimum absolute atomic E-state index is 0.0618. The number of rotatable bonds is 35. The van der Waals surface area contributed by atoms with Crippen LogP contribution in [-0.2, 0) is 28.2 Å². The van der Waals surface area contributed by atoms with E-state index in [0.717, 1.165) is 64.2 Å². The van der Waals surface area contributed by atoms with E-state index in [2.05, 4.69) is 91.3 Å². The van der Waals surface area contributed by atoms with Crippen LogP contribution in [0.4, 0.5) is 0 Å². The van der Waals surface area contributed by atoms with E-state index >= 15 is 0 Å². The molecule has 0 amide bonds. The molecule has 0 aromatic carbocycles. The van der Waals surface area contributed by atoms with Gasteiger partial charge in [0.05, 0.1) is 12.7 Å². The molecule has 0 unspecified atom stereocenters. The minimum Gasteiger partial charge on any atom is -0.462 e. The van der Waals surface area contributed by atoms with Crippen LogP contribution in [0, 0.1) is 0 Å². The van der Waals surface area contributed by atoms with Crippen LogP contribution in [0.15, 0.2) is 109 Å². The number of carbonyl (C=O) groups excluding carboxylic acids is 2. The number of ether oxygens (including phenoxy) is 2. The van der Waals surface area contributed by atoms with Crippen LogP contribution < -0.4 is 0 Å². The number of carbonyl (C=O) groups is 2. The van der Waals surface area contributed by atoms with Crippen molar-refractivity contribution in [3.05, 3.63) is 109 Å². The second-order valence-corrected chi connectivity index (χ2v) is 14.3. The van der Waals surface area contributed by atoms with Crippen molar-refractivity contribution in [2.45, 2.75) is 148 Å². The highest BCUT2D eigenvalue weighted by Crippen LogP contribution is 2.35. The molecular formula is C45H71O9P. The molecule has 0 aromatic heterocycles. The minimum atomic E-state index is -4.80. The first-order valence-corrected chi connectivity index (χ1v) is 21.8. The number of phosphoric ester groups is 1. The Hall–Kier alpha value is -3.33. The van der Waals surface area contributed by atoms with E-state index in [1.165, 1.54) is 25.7 Å². The molecule has 0 aliphatic heterocycles. The molecule has 0 rings (SSSR count). The third kappa shape index (κ3) is 41.7. The summed E-state index contributed by atoms with van der Waals surface area (Å²) in [5.74, 6) is -1.08. The van der Waals surface area contributed by atoms with Gasteiger partial charge in [-0.05, 0) is 83.5 Å². The average Bonchev–Trinajstić information content (AvgIpc) is 3.15. The van der Waals surface area contributed by atoms with E-state index < -0.39 is 32.5 Å². The predicted molar refractivity (Wildman–Crippen MR) is 226 cm³/mol. The zero-order chi connectivity index (χ0) is 40.5. The van der Waals surface area contributed by atoms with Crippen LogP contribution in [-0.4, -0.2) is 52.3 Å². The molecule has 310 valence electrons. The monoisotopic (exact) mass is 786 g/mol. The summed E-state index contributed by atoms with van der Waals surface area (Å²) in [7, 11) is -4.80. The molecule has 9 nitrogen and oxygen atoms in total. The molecule has 0 saturated carbocycles. The average molecular weight is 787 g/mol. The Bertz CT molecular complexity index is 1270. The van der Waals surface area contributed by atoms with Crippen LogP contribution in [0.3, 0.4) is 0 Å². The molecule has 0 bridgehead atoms. The highest BCUT2D eigenvalue weighted by molar-refractivity contribution is 7.46. The standard InChI is InChI=1S/C45H71O9P/c1-3-5-7-8-9-10-11-12-13-14-15-16-17-18-23-26-29-32-35-39-45(48)54-43(41-53-55(49,50)51)40-52-44(47)38-34-31-28-25-22-20-19-21-24-27-30-33-37-42(46)36-6-4-2/h9-10,12-13,15-16,18-20,23-25,27-29,32-33,37,42-43,46H,3-8,11,14,17,21-22,26,30-31,34-36,38-41H2,1-2H3,(H2,49,50,51)/b10-9-,13-12-,16-15-,20-19-,23-18-,27-24-,28-25-,32-29-,37-33-/t42-,43+/m0/s1. The number of hydrogen-bond acceptors (Lipinski definition) is 7. The third-order valence-corrected chi connectivity index (χ3v) is 8.33. The Labute approximate surface area is 332 Å². The molecule has 0 saturated heterocycles. The van der Waals surface area contributed by atoms with Crippen LogP contribution in [0.2, 0.25) is 0 Å². The molecule has 0 radical (unpaired) electrons. The lowest BCUT2D eigenvalue weighted by Gasteiger charge is -2.18. The normalized spacial score (nSPS) is 14.2. The smallest absolute Gasteiger partial charge is 0.462 e. The Morgan fingerprint density at radius 3 is 1.49 bits per heavy atom. The summed E-state index contributed by atoms with van der Waals surface area (Å²) in [5.41, 5.74) is 0. The van der Waals surface area contributed by atoms with Crippen LogP contribution in [0.25, 0.3) is 0 Å². The summed E-state index contributed by atoms with van der Waals surface area (Å²) >= 11 is 0. The van der Waals surface area contributed by atoms with Gasteiger partial charge in [-0.15, -0.1) is 0 Å². The molecule has 0 fully saturated rings. The molecule has 10 heteroatoms. The lowest BCUT2D eigenvalue weighted by atomic mass is 10.1. The van der Waals surface area contributed by atoms with Gasteiger partial charge in [-0.1, -0.05) is 149 Å². The number of allylic oxidation sites excluding steroid dienone is 17. The molecule has 55 heavy (non-hydrogen) atoms. The van der Waals surface area contributed by atoms with Gasteiger partial charge >= 0.3 is 19.8 Å². The first-order valence-electron chi connectivity index (χ1n) is 20.3. The molecule has 0 aliphatic carbocycles. The fourth-order valence-electron chi connectivity index (χ4n) is 4.78. The molecule has 2 atom stereocenters. The lowest BCUT2D eigenvalue weighted by Crippen LogP contribution is -2.29. The van der Waals surface area contributed by atoms with Crippen molar-refractivity contribution >= 4 is 19.8 Å². The van der Waals surface area contributed by atoms with Crippen molar-refractivity contribution in [1.82, 2.24) is 0 Å². The maximum atomic E-state index is 12.4. The van der Waals surface area contributed by atoms with Crippen LogP contribution in [0.5, 0.6) is 0 Å². The fraction of sp³-hybridized carbons (Fsp3) is 0.556. The van der Waals surface area contributed by atoms with Crippen molar-refractivity contribution in [2.24, 2.45) is 0 Å². The summed E-state index contributed by atoms with van der Waals surface area (Å²) in [6, 6.07) is 0. The predicted octanol–water partition coefficient (Wildman–Crippen LogP) is 11.4. The maximum Gasteiger partial charge on any atom is 0.469 e. The van der Waals surface area contributed by atoms with Gasteiger partial charge in [0, 0.05) is 12.8 Å². The van der Waals surface area contributed by atoms with E-state index in [4.69, 9.17) is 19.3 Å². The SMILES string of the molecule is CCCCC/C=C\C/C=C\C/C=C\C/C=C\C/C=C\CCC(=O)O[C@H](COC(=O)CCC/C=C\C/C=C\C/C=C\C/C=C\[C@@H](O)CCCC)COP(=O)(O)O. The van der Waals surface area contributed by atoms with Gasteiger partial charge < -0.3 is 24.4 Å². The zero-order valence-corrected chi connectivity index (χ0v) is 34.5.